The van der Waals surface area contributed by atoms with Crippen LogP contribution in [-0.4, -0.2) is 57.1 Å². The predicted molar refractivity (Wildman–Crippen MR) is 166 cm³/mol. The summed E-state index contributed by atoms with van der Waals surface area (Å²) in [7, 11) is -3.84. The van der Waals surface area contributed by atoms with Crippen LogP contribution in [0, 0.1) is 0 Å². The third-order valence-electron chi connectivity index (χ3n) is 6.46. The van der Waals surface area contributed by atoms with Crippen molar-refractivity contribution in [3.05, 3.63) is 94.5 Å². The lowest BCUT2D eigenvalue weighted by atomic mass is 10.0. The van der Waals surface area contributed by atoms with Gasteiger partial charge in [-0.15, -0.1) is 0 Å². The summed E-state index contributed by atoms with van der Waals surface area (Å²) < 4.78 is 33.2. The lowest BCUT2D eigenvalue weighted by Crippen LogP contribution is -2.53. The number of nitrogens with one attached hydrogen (secondary N) is 1. The molecule has 0 fully saturated rings. The zero-order chi connectivity index (χ0) is 29.8. The van der Waals surface area contributed by atoms with Crippen molar-refractivity contribution in [3.63, 3.8) is 0 Å². The smallest absolute Gasteiger partial charge is 0.244 e. The van der Waals surface area contributed by atoms with Crippen LogP contribution < -0.4 is 14.4 Å². The summed E-state index contributed by atoms with van der Waals surface area (Å²) in [5, 5.41) is 2.98. The van der Waals surface area contributed by atoms with Crippen LogP contribution in [-0.2, 0) is 32.6 Å². The lowest BCUT2D eigenvalue weighted by Gasteiger charge is -2.33. The molecule has 1 atom stereocenters. The first-order valence-corrected chi connectivity index (χ1v) is 16.3. The van der Waals surface area contributed by atoms with Crippen LogP contribution in [0.5, 0.6) is 5.75 Å². The molecule has 3 rings (SSSR count). The van der Waals surface area contributed by atoms with Crippen molar-refractivity contribution in [3.8, 4) is 5.75 Å². The Hall–Kier alpha value is -3.37. The van der Waals surface area contributed by atoms with Gasteiger partial charge in [-0.3, -0.25) is 13.9 Å². The topological polar surface area (TPSA) is 96.0 Å². The molecule has 0 saturated heterocycles. The minimum atomic E-state index is -3.84. The second-order valence-corrected chi connectivity index (χ2v) is 12.5. The van der Waals surface area contributed by atoms with E-state index in [0.717, 1.165) is 39.0 Å². The molecule has 41 heavy (non-hydrogen) atoms. The zero-order valence-corrected chi connectivity index (χ0v) is 26.2. The third-order valence-corrected chi connectivity index (χ3v) is 8.09. The first kappa shape index (κ1) is 32.1. The van der Waals surface area contributed by atoms with Crippen molar-refractivity contribution in [2.24, 2.45) is 0 Å². The van der Waals surface area contributed by atoms with Crippen LogP contribution >= 0.6 is 15.9 Å². The molecule has 2 amide bonds. The van der Waals surface area contributed by atoms with Crippen molar-refractivity contribution < 1.29 is 22.7 Å². The largest absolute Gasteiger partial charge is 0.494 e. The highest BCUT2D eigenvalue weighted by Gasteiger charge is 2.33. The molecule has 220 valence electrons. The molecule has 0 heterocycles. The number of sulfonamides is 1. The summed E-state index contributed by atoms with van der Waals surface area (Å²) >= 11 is 3.48. The van der Waals surface area contributed by atoms with Gasteiger partial charge in [-0.25, -0.2) is 8.42 Å². The van der Waals surface area contributed by atoms with Gasteiger partial charge in [0.2, 0.25) is 21.8 Å². The number of hydrogen-bond acceptors (Lipinski definition) is 5. The Morgan fingerprint density at radius 1 is 0.951 bits per heavy atom. The third kappa shape index (κ3) is 9.89. The number of carbonyl (C=O) groups excluding carboxylic acids is 2. The summed E-state index contributed by atoms with van der Waals surface area (Å²) in [5.74, 6) is -0.174. The summed E-state index contributed by atoms with van der Waals surface area (Å²) in [5.41, 5.74) is 2.03. The highest BCUT2D eigenvalue weighted by atomic mass is 79.9. The molecule has 0 aliphatic rings. The number of ether oxygens (including phenoxy) is 1. The number of carbonyl (C=O) groups is 2. The van der Waals surface area contributed by atoms with E-state index < -0.39 is 28.5 Å². The van der Waals surface area contributed by atoms with Gasteiger partial charge in [0.25, 0.3) is 0 Å². The van der Waals surface area contributed by atoms with Gasteiger partial charge in [-0.1, -0.05) is 71.7 Å². The van der Waals surface area contributed by atoms with Crippen LogP contribution in [0.25, 0.3) is 0 Å². The Balaban J connectivity index is 2.01. The number of amides is 2. The molecule has 0 aliphatic heterocycles. The fourth-order valence-corrected chi connectivity index (χ4v) is 5.68. The van der Waals surface area contributed by atoms with E-state index in [1.54, 1.807) is 24.3 Å². The van der Waals surface area contributed by atoms with Crippen molar-refractivity contribution in [2.75, 3.05) is 30.3 Å². The van der Waals surface area contributed by atoms with E-state index in [0.29, 0.717) is 24.6 Å². The minimum Gasteiger partial charge on any atom is -0.494 e. The zero-order valence-electron chi connectivity index (χ0n) is 23.8. The molecule has 0 unspecified atom stereocenters. The molecule has 8 nitrogen and oxygen atoms in total. The van der Waals surface area contributed by atoms with E-state index in [4.69, 9.17) is 4.74 Å². The number of benzene rings is 3. The Bertz CT molecular complexity index is 1380. The number of anilines is 1. The van der Waals surface area contributed by atoms with E-state index in [-0.39, 0.29) is 18.9 Å². The SMILES string of the molecule is CCCCNC(=O)[C@@H](Cc1ccccc1)N(Cc1cccc(Br)c1)C(=O)CN(c1ccc(OCC)cc1)S(C)(=O)=O. The maximum absolute atomic E-state index is 14.1. The molecule has 0 bridgehead atoms. The highest BCUT2D eigenvalue weighted by Crippen LogP contribution is 2.23. The van der Waals surface area contributed by atoms with E-state index in [1.807, 2.05) is 68.4 Å². The Kier molecular flexibility index (Phi) is 12.2. The van der Waals surface area contributed by atoms with Gasteiger partial charge in [0.15, 0.2) is 0 Å². The summed E-state index contributed by atoms with van der Waals surface area (Å²) in [4.78, 5) is 29.2. The van der Waals surface area contributed by atoms with Gasteiger partial charge >= 0.3 is 0 Å². The van der Waals surface area contributed by atoms with E-state index >= 15 is 0 Å². The maximum Gasteiger partial charge on any atom is 0.244 e. The van der Waals surface area contributed by atoms with E-state index in [2.05, 4.69) is 21.2 Å². The van der Waals surface area contributed by atoms with Crippen molar-refractivity contribution in [2.45, 2.75) is 45.7 Å². The molecule has 0 aromatic heterocycles. The maximum atomic E-state index is 14.1. The fourth-order valence-electron chi connectivity index (χ4n) is 4.38. The Morgan fingerprint density at radius 2 is 1.63 bits per heavy atom. The Morgan fingerprint density at radius 3 is 2.24 bits per heavy atom. The molecular formula is C31H38BrN3O5S. The van der Waals surface area contributed by atoms with Crippen LogP contribution in [0.1, 0.15) is 37.8 Å². The molecule has 3 aromatic carbocycles. The summed E-state index contributed by atoms with van der Waals surface area (Å²) in [6.07, 6.45) is 3.06. The highest BCUT2D eigenvalue weighted by molar-refractivity contribution is 9.10. The second-order valence-electron chi connectivity index (χ2n) is 9.70. The van der Waals surface area contributed by atoms with Crippen molar-refractivity contribution in [1.29, 1.82) is 0 Å². The molecule has 10 heteroatoms. The lowest BCUT2D eigenvalue weighted by molar-refractivity contribution is -0.140. The second kappa shape index (κ2) is 15.6. The Labute approximate surface area is 251 Å². The summed E-state index contributed by atoms with van der Waals surface area (Å²) in [6, 6.07) is 22.7. The van der Waals surface area contributed by atoms with Gasteiger partial charge in [0, 0.05) is 24.0 Å². The van der Waals surface area contributed by atoms with Gasteiger partial charge in [0.05, 0.1) is 18.6 Å². The number of rotatable bonds is 15. The minimum absolute atomic E-state index is 0.123. The molecule has 0 saturated carbocycles. The fraction of sp³-hybridized carbons (Fsp3) is 0.355. The van der Waals surface area contributed by atoms with Gasteiger partial charge < -0.3 is 15.0 Å². The van der Waals surface area contributed by atoms with Crippen molar-refractivity contribution in [1.82, 2.24) is 10.2 Å². The monoisotopic (exact) mass is 643 g/mol. The van der Waals surface area contributed by atoms with Crippen LogP contribution in [0.15, 0.2) is 83.3 Å². The van der Waals surface area contributed by atoms with Gasteiger partial charge in [0.1, 0.15) is 18.3 Å². The average Bonchev–Trinajstić information content (AvgIpc) is 2.94. The van der Waals surface area contributed by atoms with Crippen LogP contribution in [0.3, 0.4) is 0 Å². The first-order chi connectivity index (χ1) is 19.6. The number of halogens is 1. The normalized spacial score (nSPS) is 11.9. The predicted octanol–water partition coefficient (Wildman–Crippen LogP) is 5.17. The number of hydrogen-bond donors (Lipinski definition) is 1. The molecule has 1 N–H and O–H groups in total. The van der Waals surface area contributed by atoms with Crippen molar-refractivity contribution >= 4 is 43.5 Å². The standard InChI is InChI=1S/C31H38BrN3O5S/c1-4-6-19-33-31(37)29(21-24-11-8-7-9-12-24)34(22-25-13-10-14-26(32)20-25)30(36)23-35(41(3,38)39)27-15-17-28(18-16-27)40-5-2/h7-18,20,29H,4-6,19,21-23H2,1-3H3,(H,33,37)/t29-/m1/s1. The number of unbranched alkanes of at least 4 members (excludes halogenated alkanes) is 1. The molecule has 3 aromatic rings. The van der Waals surface area contributed by atoms with Gasteiger partial charge in [-0.05, 0) is 60.9 Å². The molecule has 0 spiro atoms. The van der Waals surface area contributed by atoms with E-state index in [9.17, 15) is 18.0 Å². The first-order valence-electron chi connectivity index (χ1n) is 13.7. The van der Waals surface area contributed by atoms with Gasteiger partial charge in [-0.2, -0.15) is 0 Å². The summed E-state index contributed by atoms with van der Waals surface area (Å²) in [6.45, 7) is 4.52. The quantitative estimate of drug-likeness (QED) is 0.231. The van der Waals surface area contributed by atoms with E-state index in [1.165, 1.54) is 4.90 Å². The molecular weight excluding hydrogens is 606 g/mol. The molecule has 0 aliphatic carbocycles. The van der Waals surface area contributed by atoms with Crippen LogP contribution in [0.2, 0.25) is 0 Å². The number of nitrogens with zero attached hydrogens (tertiary/aromatic N) is 2. The van der Waals surface area contributed by atoms with Crippen LogP contribution in [0.4, 0.5) is 5.69 Å². The average molecular weight is 645 g/mol. The molecule has 0 radical (unpaired) electrons.